The summed E-state index contributed by atoms with van der Waals surface area (Å²) in [5.74, 6) is 0.0868. The summed E-state index contributed by atoms with van der Waals surface area (Å²) in [5, 5.41) is 0. The maximum Gasteiger partial charge on any atom is 0.254 e. The summed E-state index contributed by atoms with van der Waals surface area (Å²) in [6, 6.07) is 20.3. The minimum Gasteiger partial charge on any atom is -0.368 e. The van der Waals surface area contributed by atoms with E-state index in [1.165, 1.54) is 0 Å². The first-order valence-electron chi connectivity index (χ1n) is 9.44. The van der Waals surface area contributed by atoms with E-state index in [4.69, 9.17) is 9.47 Å². The number of hydrogen-bond donors (Lipinski definition) is 0. The highest BCUT2D eigenvalue weighted by Crippen LogP contribution is 2.33. The highest BCUT2D eigenvalue weighted by Gasteiger charge is 2.50. The lowest BCUT2D eigenvalue weighted by Crippen LogP contribution is -2.41. The molecular weight excluding hydrogens is 326 g/mol. The smallest absolute Gasteiger partial charge is 0.254 e. The van der Waals surface area contributed by atoms with Crippen molar-refractivity contribution in [2.24, 2.45) is 0 Å². The molecule has 0 aromatic heterocycles. The van der Waals surface area contributed by atoms with Crippen molar-refractivity contribution in [1.29, 1.82) is 0 Å². The monoisotopic (exact) mass is 351 g/mol. The first-order valence-corrected chi connectivity index (χ1v) is 9.44. The van der Waals surface area contributed by atoms with Crippen LogP contribution in [0, 0.1) is 0 Å². The van der Waals surface area contributed by atoms with Gasteiger partial charge in [-0.15, -0.1) is 0 Å². The van der Waals surface area contributed by atoms with E-state index >= 15 is 0 Å². The zero-order valence-electron chi connectivity index (χ0n) is 14.9. The lowest BCUT2D eigenvalue weighted by atomic mass is 10.00. The fourth-order valence-corrected chi connectivity index (χ4v) is 3.97. The summed E-state index contributed by atoms with van der Waals surface area (Å²) in [6.45, 7) is 1.76. The molecule has 1 amide bonds. The van der Waals surface area contributed by atoms with Gasteiger partial charge in [0.2, 0.25) is 0 Å². The van der Waals surface area contributed by atoms with Crippen molar-refractivity contribution >= 4 is 5.91 Å². The first kappa shape index (κ1) is 17.3. The van der Waals surface area contributed by atoms with Crippen LogP contribution in [0.2, 0.25) is 0 Å². The number of carbonyl (C=O) groups is 1. The number of carbonyl (C=O) groups excluding carboxylic acids is 1. The standard InChI is InChI=1S/C22H25NO3/c24-22-21(26-16-18-11-5-2-6-12-18)20(19-13-7-8-14-23(19)22)25-15-17-9-3-1-4-10-17/h1-6,9-12,19-21H,7-8,13-16H2/t19-,20-,21+/m0/s1. The Labute approximate surface area is 154 Å². The van der Waals surface area contributed by atoms with Crippen molar-refractivity contribution in [3.63, 3.8) is 0 Å². The number of rotatable bonds is 6. The quantitative estimate of drug-likeness (QED) is 0.799. The molecule has 0 unspecified atom stereocenters. The minimum atomic E-state index is -0.512. The second-order valence-electron chi connectivity index (χ2n) is 7.07. The van der Waals surface area contributed by atoms with Crippen molar-refractivity contribution in [3.05, 3.63) is 71.8 Å². The van der Waals surface area contributed by atoms with Crippen molar-refractivity contribution in [2.45, 2.75) is 50.7 Å². The van der Waals surface area contributed by atoms with Crippen molar-refractivity contribution in [1.82, 2.24) is 4.90 Å². The number of ether oxygens (including phenoxy) is 2. The Hall–Kier alpha value is -2.17. The molecule has 2 fully saturated rings. The maximum atomic E-state index is 12.9. The molecule has 2 heterocycles. The van der Waals surface area contributed by atoms with E-state index in [9.17, 15) is 4.79 Å². The van der Waals surface area contributed by atoms with E-state index in [0.717, 1.165) is 36.9 Å². The number of nitrogens with zero attached hydrogens (tertiary/aromatic N) is 1. The van der Waals surface area contributed by atoms with Crippen LogP contribution in [0.4, 0.5) is 0 Å². The Kier molecular flexibility index (Phi) is 5.32. The molecule has 2 aliphatic rings. The van der Waals surface area contributed by atoms with E-state index < -0.39 is 6.10 Å². The highest BCUT2D eigenvalue weighted by molar-refractivity contribution is 5.85. The molecule has 4 heteroatoms. The molecule has 4 rings (SSSR count). The molecule has 0 spiro atoms. The molecule has 0 saturated carbocycles. The molecule has 0 bridgehead atoms. The van der Waals surface area contributed by atoms with Crippen LogP contribution < -0.4 is 0 Å². The third kappa shape index (κ3) is 3.67. The fourth-order valence-electron chi connectivity index (χ4n) is 3.97. The van der Waals surface area contributed by atoms with Crippen LogP contribution in [-0.2, 0) is 27.5 Å². The number of benzene rings is 2. The van der Waals surface area contributed by atoms with Crippen LogP contribution in [0.5, 0.6) is 0 Å². The molecular formula is C22H25NO3. The van der Waals surface area contributed by atoms with E-state index in [1.807, 2.05) is 53.4 Å². The first-order chi connectivity index (χ1) is 12.8. The van der Waals surface area contributed by atoms with Gasteiger partial charge in [0.15, 0.2) is 6.10 Å². The molecule has 4 nitrogen and oxygen atoms in total. The van der Waals surface area contributed by atoms with Crippen LogP contribution in [0.1, 0.15) is 30.4 Å². The Morgan fingerprint density at radius 2 is 1.46 bits per heavy atom. The van der Waals surface area contributed by atoms with Crippen molar-refractivity contribution < 1.29 is 14.3 Å². The Balaban J connectivity index is 1.47. The van der Waals surface area contributed by atoms with Crippen LogP contribution in [-0.4, -0.2) is 35.6 Å². The third-order valence-corrected chi connectivity index (χ3v) is 5.31. The van der Waals surface area contributed by atoms with E-state index in [-0.39, 0.29) is 18.1 Å². The van der Waals surface area contributed by atoms with Crippen LogP contribution in [0.25, 0.3) is 0 Å². The molecule has 0 radical (unpaired) electrons. The van der Waals surface area contributed by atoms with Crippen molar-refractivity contribution in [3.8, 4) is 0 Å². The van der Waals surface area contributed by atoms with Crippen LogP contribution >= 0.6 is 0 Å². The van der Waals surface area contributed by atoms with Gasteiger partial charge in [0.05, 0.1) is 19.3 Å². The largest absolute Gasteiger partial charge is 0.368 e. The Morgan fingerprint density at radius 1 is 0.846 bits per heavy atom. The van der Waals surface area contributed by atoms with Gasteiger partial charge in [-0.3, -0.25) is 4.79 Å². The Morgan fingerprint density at radius 3 is 2.12 bits per heavy atom. The van der Waals surface area contributed by atoms with E-state index in [0.29, 0.717) is 13.2 Å². The van der Waals surface area contributed by atoms with Gasteiger partial charge in [-0.2, -0.15) is 0 Å². The summed E-state index contributed by atoms with van der Waals surface area (Å²) in [6.07, 6.45) is 2.49. The van der Waals surface area contributed by atoms with Gasteiger partial charge in [0.1, 0.15) is 6.10 Å². The summed E-state index contributed by atoms with van der Waals surface area (Å²) in [5.41, 5.74) is 2.20. The Bertz CT molecular complexity index is 719. The second-order valence-corrected chi connectivity index (χ2v) is 7.07. The van der Waals surface area contributed by atoms with E-state index in [1.54, 1.807) is 0 Å². The van der Waals surface area contributed by atoms with Gasteiger partial charge < -0.3 is 14.4 Å². The van der Waals surface area contributed by atoms with Crippen LogP contribution in [0.15, 0.2) is 60.7 Å². The van der Waals surface area contributed by atoms with Crippen molar-refractivity contribution in [2.75, 3.05) is 6.54 Å². The topological polar surface area (TPSA) is 38.8 Å². The summed E-state index contributed by atoms with van der Waals surface area (Å²) >= 11 is 0. The van der Waals surface area contributed by atoms with Gasteiger partial charge in [0, 0.05) is 6.54 Å². The molecule has 2 aliphatic heterocycles. The van der Waals surface area contributed by atoms with Gasteiger partial charge in [-0.1, -0.05) is 60.7 Å². The molecule has 2 aromatic carbocycles. The molecule has 0 N–H and O–H groups in total. The minimum absolute atomic E-state index is 0.0868. The normalized spacial score (nSPS) is 25.3. The summed E-state index contributed by atoms with van der Waals surface area (Å²) in [4.78, 5) is 14.9. The average molecular weight is 351 g/mol. The summed E-state index contributed by atoms with van der Waals surface area (Å²) < 4.78 is 12.3. The predicted molar refractivity (Wildman–Crippen MR) is 99.4 cm³/mol. The number of hydrogen-bond acceptors (Lipinski definition) is 3. The summed E-state index contributed by atoms with van der Waals surface area (Å²) in [7, 11) is 0. The SMILES string of the molecule is O=C1[C@H](OCc2ccccc2)[C@@H](OCc2ccccc2)[C@@H]2CCCCN12. The number of piperidine rings is 1. The molecule has 136 valence electrons. The predicted octanol–water partition coefficient (Wildman–Crippen LogP) is 3.55. The van der Waals surface area contributed by atoms with Gasteiger partial charge >= 0.3 is 0 Å². The van der Waals surface area contributed by atoms with Gasteiger partial charge in [-0.05, 0) is 30.4 Å². The lowest BCUT2D eigenvalue weighted by Gasteiger charge is -2.32. The molecule has 2 aromatic rings. The number of amides is 1. The highest BCUT2D eigenvalue weighted by atomic mass is 16.5. The zero-order valence-corrected chi connectivity index (χ0v) is 14.9. The van der Waals surface area contributed by atoms with E-state index in [2.05, 4.69) is 12.1 Å². The fraction of sp³-hybridized carbons (Fsp3) is 0.409. The molecule has 26 heavy (non-hydrogen) atoms. The zero-order chi connectivity index (χ0) is 17.8. The molecule has 3 atom stereocenters. The van der Waals surface area contributed by atoms with Crippen LogP contribution in [0.3, 0.4) is 0 Å². The number of fused-ring (bicyclic) bond motifs is 1. The van der Waals surface area contributed by atoms with Gasteiger partial charge in [0.25, 0.3) is 5.91 Å². The van der Waals surface area contributed by atoms with Gasteiger partial charge in [-0.25, -0.2) is 0 Å². The maximum absolute atomic E-state index is 12.9. The average Bonchev–Trinajstić information content (AvgIpc) is 2.98. The molecule has 2 saturated heterocycles. The molecule has 0 aliphatic carbocycles. The lowest BCUT2D eigenvalue weighted by molar-refractivity contribution is -0.142. The second kappa shape index (κ2) is 8.02. The third-order valence-electron chi connectivity index (χ3n) is 5.31.